The number of nitrogens with zero attached hydrogens (tertiary/aromatic N) is 3. The lowest BCUT2D eigenvalue weighted by atomic mass is 10.2. The monoisotopic (exact) mass is 282 g/mol. The van der Waals surface area contributed by atoms with Crippen molar-refractivity contribution in [3.63, 3.8) is 0 Å². The number of anilines is 2. The van der Waals surface area contributed by atoms with Crippen LogP contribution >= 0.6 is 0 Å². The molecule has 0 saturated heterocycles. The third kappa shape index (κ3) is 2.72. The van der Waals surface area contributed by atoms with Gasteiger partial charge < -0.3 is 10.2 Å². The molecule has 0 spiro atoms. The Morgan fingerprint density at radius 3 is 2.95 bits per heavy atom. The van der Waals surface area contributed by atoms with E-state index in [0.29, 0.717) is 5.82 Å². The summed E-state index contributed by atoms with van der Waals surface area (Å²) in [6.45, 7) is 4.47. The molecule has 5 heteroatoms. The summed E-state index contributed by atoms with van der Waals surface area (Å²) in [7, 11) is 0. The van der Waals surface area contributed by atoms with E-state index in [1.165, 1.54) is 5.56 Å². The van der Waals surface area contributed by atoms with Crippen LogP contribution in [0.25, 0.3) is 0 Å². The minimum Gasteiger partial charge on any atom is -0.357 e. The molecule has 2 aromatic rings. The zero-order chi connectivity index (χ0) is 14.8. The highest BCUT2D eigenvalue weighted by Crippen LogP contribution is 2.28. The van der Waals surface area contributed by atoms with Gasteiger partial charge in [-0.3, -0.25) is 9.78 Å². The lowest BCUT2D eigenvalue weighted by molar-refractivity contribution is -0.118. The van der Waals surface area contributed by atoms with Gasteiger partial charge >= 0.3 is 0 Å². The first-order valence-electron chi connectivity index (χ1n) is 7.09. The first kappa shape index (κ1) is 13.5. The van der Waals surface area contributed by atoms with Gasteiger partial charge in [0.15, 0.2) is 0 Å². The van der Waals surface area contributed by atoms with Crippen LogP contribution in [0.4, 0.5) is 11.5 Å². The molecule has 0 aliphatic carbocycles. The number of rotatable bonds is 3. The molecule has 21 heavy (non-hydrogen) atoms. The molecule has 1 aliphatic heterocycles. The van der Waals surface area contributed by atoms with Gasteiger partial charge in [-0.15, -0.1) is 0 Å². The third-order valence-corrected chi connectivity index (χ3v) is 3.64. The Morgan fingerprint density at radius 2 is 2.14 bits per heavy atom. The van der Waals surface area contributed by atoms with E-state index in [1.807, 2.05) is 36.9 Å². The molecule has 108 valence electrons. The van der Waals surface area contributed by atoms with Crippen molar-refractivity contribution in [2.45, 2.75) is 26.3 Å². The van der Waals surface area contributed by atoms with E-state index in [4.69, 9.17) is 0 Å². The number of aryl methyl sites for hydroxylation is 1. The predicted molar refractivity (Wildman–Crippen MR) is 82.4 cm³/mol. The zero-order valence-electron chi connectivity index (χ0n) is 12.2. The molecule has 0 radical (unpaired) electrons. The lowest BCUT2D eigenvalue weighted by Gasteiger charge is -2.22. The first-order chi connectivity index (χ1) is 10.1. The second-order valence-corrected chi connectivity index (χ2v) is 5.28. The molecular weight excluding hydrogens is 264 g/mol. The van der Waals surface area contributed by atoms with Crippen LogP contribution in [-0.2, 0) is 11.2 Å². The second kappa shape index (κ2) is 5.52. The fraction of sp³-hybridized carbons (Fsp3) is 0.312. The van der Waals surface area contributed by atoms with Crippen LogP contribution in [0, 0.1) is 6.92 Å². The summed E-state index contributed by atoms with van der Waals surface area (Å²) in [5.74, 6) is 0.687. The Labute approximate surface area is 124 Å². The minimum atomic E-state index is -0.341. The fourth-order valence-electron chi connectivity index (χ4n) is 2.62. The van der Waals surface area contributed by atoms with Gasteiger partial charge in [0, 0.05) is 18.4 Å². The summed E-state index contributed by atoms with van der Waals surface area (Å²) >= 11 is 0. The summed E-state index contributed by atoms with van der Waals surface area (Å²) in [6.07, 6.45) is 4.24. The van der Waals surface area contributed by atoms with Crippen LogP contribution in [0.2, 0.25) is 0 Å². The van der Waals surface area contributed by atoms with Crippen molar-refractivity contribution in [2.24, 2.45) is 0 Å². The maximum atomic E-state index is 12.6. The highest BCUT2D eigenvalue weighted by atomic mass is 16.2. The Hall–Kier alpha value is -2.43. The van der Waals surface area contributed by atoms with Crippen molar-refractivity contribution in [3.05, 3.63) is 47.9 Å². The number of para-hydroxylation sites is 1. The molecule has 2 heterocycles. The van der Waals surface area contributed by atoms with Gasteiger partial charge in [0.1, 0.15) is 11.9 Å². The van der Waals surface area contributed by atoms with Crippen molar-refractivity contribution < 1.29 is 4.79 Å². The highest BCUT2D eigenvalue weighted by Gasteiger charge is 2.27. The molecule has 3 rings (SSSR count). The number of fused-ring (bicyclic) bond motifs is 1. The van der Waals surface area contributed by atoms with E-state index in [1.54, 1.807) is 12.4 Å². The SMILES string of the molecule is Cc1cncc(NC(C)C(=O)N2CCc3ccccc32)n1. The lowest BCUT2D eigenvalue weighted by Crippen LogP contribution is -2.40. The summed E-state index contributed by atoms with van der Waals surface area (Å²) in [5.41, 5.74) is 3.08. The van der Waals surface area contributed by atoms with Gasteiger partial charge in [0.05, 0.1) is 11.9 Å². The maximum Gasteiger partial charge on any atom is 0.249 e. The van der Waals surface area contributed by atoms with Crippen molar-refractivity contribution >= 4 is 17.4 Å². The van der Waals surface area contributed by atoms with E-state index in [2.05, 4.69) is 21.4 Å². The molecular formula is C16H18N4O. The molecule has 1 N–H and O–H groups in total. The molecule has 1 aliphatic rings. The Morgan fingerprint density at radius 1 is 1.33 bits per heavy atom. The topological polar surface area (TPSA) is 58.1 Å². The quantitative estimate of drug-likeness (QED) is 0.937. The van der Waals surface area contributed by atoms with E-state index in [0.717, 1.165) is 24.3 Å². The minimum absolute atomic E-state index is 0.0586. The number of benzene rings is 1. The summed E-state index contributed by atoms with van der Waals surface area (Å²) in [6, 6.07) is 7.71. The molecule has 5 nitrogen and oxygen atoms in total. The van der Waals surface area contributed by atoms with Gasteiger partial charge in [-0.05, 0) is 31.9 Å². The Balaban J connectivity index is 1.74. The standard InChI is InChI=1S/C16H18N4O/c1-11-9-17-10-15(18-11)19-12(2)16(21)20-8-7-13-5-3-4-6-14(13)20/h3-6,9-10,12H,7-8H2,1-2H3,(H,18,19). The van der Waals surface area contributed by atoms with Gasteiger partial charge in [-0.2, -0.15) is 0 Å². The number of carbonyl (C=O) groups is 1. The Bertz CT molecular complexity index is 671. The van der Waals surface area contributed by atoms with Gasteiger partial charge in [0.2, 0.25) is 5.91 Å². The highest BCUT2D eigenvalue weighted by molar-refractivity contribution is 6.00. The fourth-order valence-corrected chi connectivity index (χ4v) is 2.62. The average molecular weight is 282 g/mol. The Kier molecular flexibility index (Phi) is 3.56. The molecule has 0 bridgehead atoms. The number of aromatic nitrogens is 2. The normalized spacial score (nSPS) is 14.7. The van der Waals surface area contributed by atoms with Crippen LogP contribution in [0.3, 0.4) is 0 Å². The number of nitrogens with one attached hydrogen (secondary N) is 1. The third-order valence-electron chi connectivity index (χ3n) is 3.64. The molecule has 1 aromatic carbocycles. The van der Waals surface area contributed by atoms with Crippen molar-refractivity contribution in [1.29, 1.82) is 0 Å². The van der Waals surface area contributed by atoms with Gasteiger partial charge in [-0.25, -0.2) is 4.98 Å². The van der Waals surface area contributed by atoms with Crippen LogP contribution in [0.15, 0.2) is 36.7 Å². The second-order valence-electron chi connectivity index (χ2n) is 5.28. The summed E-state index contributed by atoms with van der Waals surface area (Å²) < 4.78 is 0. The van der Waals surface area contributed by atoms with Crippen LogP contribution in [-0.4, -0.2) is 28.5 Å². The molecule has 1 amide bonds. The van der Waals surface area contributed by atoms with Gasteiger partial charge in [0.25, 0.3) is 0 Å². The zero-order valence-corrected chi connectivity index (χ0v) is 12.2. The molecule has 1 aromatic heterocycles. The maximum absolute atomic E-state index is 12.6. The summed E-state index contributed by atoms with van der Waals surface area (Å²) in [5, 5.41) is 3.13. The number of hydrogen-bond donors (Lipinski definition) is 1. The number of carbonyl (C=O) groups excluding carboxylic acids is 1. The average Bonchev–Trinajstić information content (AvgIpc) is 2.90. The van der Waals surface area contributed by atoms with E-state index < -0.39 is 0 Å². The van der Waals surface area contributed by atoms with Crippen LogP contribution < -0.4 is 10.2 Å². The number of amides is 1. The number of hydrogen-bond acceptors (Lipinski definition) is 4. The van der Waals surface area contributed by atoms with Crippen molar-refractivity contribution in [2.75, 3.05) is 16.8 Å². The van der Waals surface area contributed by atoms with Crippen molar-refractivity contribution in [1.82, 2.24) is 9.97 Å². The molecule has 1 atom stereocenters. The van der Waals surface area contributed by atoms with E-state index >= 15 is 0 Å². The summed E-state index contributed by atoms with van der Waals surface area (Å²) in [4.78, 5) is 22.9. The smallest absolute Gasteiger partial charge is 0.249 e. The van der Waals surface area contributed by atoms with Crippen LogP contribution in [0.5, 0.6) is 0 Å². The largest absolute Gasteiger partial charge is 0.357 e. The van der Waals surface area contributed by atoms with E-state index in [-0.39, 0.29) is 11.9 Å². The molecule has 1 unspecified atom stereocenters. The van der Waals surface area contributed by atoms with Crippen LogP contribution in [0.1, 0.15) is 18.2 Å². The molecule has 0 fully saturated rings. The van der Waals surface area contributed by atoms with Crippen molar-refractivity contribution in [3.8, 4) is 0 Å². The van der Waals surface area contributed by atoms with E-state index in [9.17, 15) is 4.79 Å². The predicted octanol–water partition coefficient (Wildman–Crippen LogP) is 2.17. The first-order valence-corrected chi connectivity index (χ1v) is 7.09. The van der Waals surface area contributed by atoms with Gasteiger partial charge in [-0.1, -0.05) is 18.2 Å². The molecule has 0 saturated carbocycles.